The maximum atomic E-state index is 12.3. The van der Waals surface area contributed by atoms with Crippen LogP contribution in [0.25, 0.3) is 22.0 Å². The summed E-state index contributed by atoms with van der Waals surface area (Å²) in [6.45, 7) is 1.91. The molecular weight excluding hydrogens is 340 g/mol. The van der Waals surface area contributed by atoms with E-state index in [9.17, 15) is 4.79 Å². The van der Waals surface area contributed by atoms with Crippen molar-refractivity contribution in [2.75, 3.05) is 14.2 Å². The Morgan fingerprint density at radius 2 is 1.92 bits per heavy atom. The first-order chi connectivity index (χ1) is 12.0. The summed E-state index contributed by atoms with van der Waals surface area (Å²) in [4.78, 5) is 19.5. The van der Waals surface area contributed by atoms with Crippen molar-refractivity contribution in [1.82, 2.24) is 9.97 Å². The summed E-state index contributed by atoms with van der Waals surface area (Å²) in [5.74, 6) is 1.54. The smallest absolute Gasteiger partial charge is 0.259 e. The number of nitrogens with one attached hydrogen (secondary N) is 1. The molecule has 0 saturated heterocycles. The lowest BCUT2D eigenvalue weighted by atomic mass is 10.1. The molecule has 1 N–H and O–H groups in total. The van der Waals surface area contributed by atoms with Crippen molar-refractivity contribution in [3.63, 3.8) is 0 Å². The average Bonchev–Trinajstić information content (AvgIpc) is 2.62. The van der Waals surface area contributed by atoms with E-state index >= 15 is 0 Å². The first kappa shape index (κ1) is 17.0. The Labute approximate surface area is 149 Å². The van der Waals surface area contributed by atoms with Gasteiger partial charge in [0.2, 0.25) is 0 Å². The number of nitrogens with zero attached hydrogens (tertiary/aromatic N) is 1. The highest BCUT2D eigenvalue weighted by Gasteiger charge is 2.09. The summed E-state index contributed by atoms with van der Waals surface area (Å²) in [6.07, 6.45) is 1.71. The maximum Gasteiger partial charge on any atom is 0.259 e. The predicted octanol–water partition coefficient (Wildman–Crippen LogP) is 3.99. The van der Waals surface area contributed by atoms with Crippen LogP contribution in [-0.2, 0) is 0 Å². The van der Waals surface area contributed by atoms with E-state index < -0.39 is 0 Å². The minimum absolute atomic E-state index is 0.220. The number of methoxy groups -OCH3 is 2. The summed E-state index contributed by atoms with van der Waals surface area (Å²) >= 11 is 6.39. The fourth-order valence-corrected chi connectivity index (χ4v) is 2.79. The largest absolute Gasteiger partial charge is 0.493 e. The highest BCUT2D eigenvalue weighted by atomic mass is 35.5. The topological polar surface area (TPSA) is 64.2 Å². The van der Waals surface area contributed by atoms with Crippen molar-refractivity contribution >= 4 is 33.6 Å². The van der Waals surface area contributed by atoms with Crippen LogP contribution in [0.3, 0.4) is 0 Å². The van der Waals surface area contributed by atoms with Crippen LogP contribution in [0, 0.1) is 6.92 Å². The molecule has 2 aromatic carbocycles. The molecule has 0 saturated carbocycles. The summed E-state index contributed by atoms with van der Waals surface area (Å²) in [5.41, 5.74) is 2.14. The van der Waals surface area contributed by atoms with Crippen LogP contribution in [0.15, 0.2) is 41.2 Å². The van der Waals surface area contributed by atoms with Gasteiger partial charge in [-0.3, -0.25) is 4.79 Å². The molecule has 0 bridgehead atoms. The van der Waals surface area contributed by atoms with Gasteiger partial charge in [0.15, 0.2) is 17.3 Å². The monoisotopic (exact) mass is 356 g/mol. The second-order valence-electron chi connectivity index (χ2n) is 5.49. The van der Waals surface area contributed by atoms with Crippen LogP contribution in [0.1, 0.15) is 17.0 Å². The van der Waals surface area contributed by atoms with E-state index in [2.05, 4.69) is 9.97 Å². The number of ether oxygens (including phenoxy) is 2. The number of para-hydroxylation sites is 1. The Morgan fingerprint density at radius 3 is 2.64 bits per heavy atom. The molecular formula is C19H17ClN2O3. The van der Waals surface area contributed by atoms with Crippen LogP contribution in [0.2, 0.25) is 0 Å². The van der Waals surface area contributed by atoms with Crippen molar-refractivity contribution in [1.29, 1.82) is 0 Å². The number of H-pyrrole nitrogens is 1. The minimum Gasteiger partial charge on any atom is -0.493 e. The molecule has 0 atom stereocenters. The third-order valence-corrected chi connectivity index (χ3v) is 4.15. The lowest BCUT2D eigenvalue weighted by molar-refractivity contribution is 0.355. The molecule has 5 nitrogen and oxygen atoms in total. The number of hydrogen-bond donors (Lipinski definition) is 1. The van der Waals surface area contributed by atoms with E-state index in [1.54, 1.807) is 38.5 Å². The lowest BCUT2D eigenvalue weighted by Gasteiger charge is -2.08. The fraction of sp³-hybridized carbons (Fsp3) is 0.158. The molecule has 0 aliphatic carbocycles. The maximum absolute atomic E-state index is 12.3. The van der Waals surface area contributed by atoms with Crippen LogP contribution < -0.4 is 15.0 Å². The number of aryl methyl sites for hydroxylation is 1. The zero-order valence-electron chi connectivity index (χ0n) is 14.1. The number of hydrogen-bond acceptors (Lipinski definition) is 4. The first-order valence-electron chi connectivity index (χ1n) is 7.62. The Balaban J connectivity index is 2.07. The zero-order chi connectivity index (χ0) is 18.0. The molecule has 3 rings (SSSR count). The molecule has 0 aliphatic heterocycles. The van der Waals surface area contributed by atoms with E-state index in [4.69, 9.17) is 21.1 Å². The third-order valence-electron chi connectivity index (χ3n) is 3.87. The molecule has 0 aliphatic rings. The Kier molecular flexibility index (Phi) is 4.76. The van der Waals surface area contributed by atoms with Gasteiger partial charge in [-0.05, 0) is 42.3 Å². The standard InChI is InChI=1S/C19H17ClN2O3/c1-11-5-4-6-13-17(11)21-18(22-19(13)23)14(20)9-12-7-8-15(24-2)16(10-12)25-3/h4-10H,1-3H3,(H,21,22,23)/b14-9-. The highest BCUT2D eigenvalue weighted by Crippen LogP contribution is 2.29. The third kappa shape index (κ3) is 3.37. The van der Waals surface area contributed by atoms with Crippen molar-refractivity contribution in [2.24, 2.45) is 0 Å². The van der Waals surface area contributed by atoms with Gasteiger partial charge in [0, 0.05) is 0 Å². The van der Waals surface area contributed by atoms with Gasteiger partial charge >= 0.3 is 0 Å². The molecule has 0 unspecified atom stereocenters. The van der Waals surface area contributed by atoms with Crippen molar-refractivity contribution < 1.29 is 9.47 Å². The molecule has 0 amide bonds. The number of aromatic nitrogens is 2. The molecule has 1 heterocycles. The molecule has 0 radical (unpaired) electrons. The summed E-state index contributed by atoms with van der Waals surface area (Å²) in [6, 6.07) is 10.9. The normalized spacial score (nSPS) is 11.6. The number of rotatable bonds is 4. The number of halogens is 1. The van der Waals surface area contributed by atoms with Gasteiger partial charge in [-0.1, -0.05) is 29.8 Å². The fourth-order valence-electron chi connectivity index (χ4n) is 2.58. The molecule has 25 heavy (non-hydrogen) atoms. The average molecular weight is 357 g/mol. The van der Waals surface area contributed by atoms with Crippen molar-refractivity contribution in [3.05, 3.63) is 63.7 Å². The van der Waals surface area contributed by atoms with Crippen LogP contribution >= 0.6 is 11.6 Å². The highest BCUT2D eigenvalue weighted by molar-refractivity contribution is 6.50. The second kappa shape index (κ2) is 6.99. The minimum atomic E-state index is -0.220. The van der Waals surface area contributed by atoms with Gasteiger partial charge in [0.25, 0.3) is 5.56 Å². The van der Waals surface area contributed by atoms with Crippen LogP contribution in [0.5, 0.6) is 11.5 Å². The molecule has 0 fully saturated rings. The number of aromatic amines is 1. The summed E-state index contributed by atoms with van der Waals surface area (Å²) in [7, 11) is 3.14. The van der Waals surface area contributed by atoms with E-state index in [0.29, 0.717) is 33.3 Å². The van der Waals surface area contributed by atoms with Crippen molar-refractivity contribution in [2.45, 2.75) is 6.92 Å². The van der Waals surface area contributed by atoms with E-state index in [1.807, 2.05) is 25.1 Å². The zero-order valence-corrected chi connectivity index (χ0v) is 14.8. The summed E-state index contributed by atoms with van der Waals surface area (Å²) in [5, 5.41) is 0.869. The van der Waals surface area contributed by atoms with E-state index in [-0.39, 0.29) is 5.56 Å². The molecule has 0 spiro atoms. The number of benzene rings is 2. The molecule has 128 valence electrons. The van der Waals surface area contributed by atoms with Gasteiger partial charge in [-0.2, -0.15) is 0 Å². The Hall–Kier alpha value is -2.79. The lowest BCUT2D eigenvalue weighted by Crippen LogP contribution is -2.11. The van der Waals surface area contributed by atoms with Gasteiger partial charge in [-0.15, -0.1) is 0 Å². The molecule has 6 heteroatoms. The van der Waals surface area contributed by atoms with Gasteiger partial charge in [0.05, 0.1) is 30.2 Å². The van der Waals surface area contributed by atoms with Crippen molar-refractivity contribution in [3.8, 4) is 11.5 Å². The first-order valence-corrected chi connectivity index (χ1v) is 8.00. The predicted molar refractivity (Wildman–Crippen MR) is 100 cm³/mol. The number of fused-ring (bicyclic) bond motifs is 1. The summed E-state index contributed by atoms with van der Waals surface area (Å²) < 4.78 is 10.5. The molecule has 1 aromatic heterocycles. The molecule has 3 aromatic rings. The van der Waals surface area contributed by atoms with E-state index in [0.717, 1.165) is 11.1 Å². The SMILES string of the molecule is COc1ccc(/C=C(\Cl)c2nc3c(C)cccc3c(=O)[nH]2)cc1OC. The van der Waals surface area contributed by atoms with Crippen LogP contribution in [0.4, 0.5) is 0 Å². The Bertz CT molecular complexity index is 1020. The van der Waals surface area contributed by atoms with Gasteiger partial charge in [0.1, 0.15) is 0 Å². The quantitative estimate of drug-likeness (QED) is 0.767. The van der Waals surface area contributed by atoms with Crippen LogP contribution in [-0.4, -0.2) is 24.2 Å². The van der Waals surface area contributed by atoms with Gasteiger partial charge < -0.3 is 14.5 Å². The van der Waals surface area contributed by atoms with E-state index in [1.165, 1.54) is 0 Å². The Morgan fingerprint density at radius 1 is 1.16 bits per heavy atom. The van der Waals surface area contributed by atoms with Gasteiger partial charge in [-0.25, -0.2) is 4.98 Å². The second-order valence-corrected chi connectivity index (χ2v) is 5.90.